The Morgan fingerprint density at radius 2 is 2.05 bits per heavy atom. The maximum Gasteiger partial charge on any atom is 0.129 e. The van der Waals surface area contributed by atoms with E-state index < -0.39 is 6.10 Å². The van der Waals surface area contributed by atoms with E-state index in [1.807, 2.05) is 6.92 Å². The van der Waals surface area contributed by atoms with Crippen molar-refractivity contribution in [2.75, 3.05) is 13.1 Å². The molecule has 1 aromatic rings. The van der Waals surface area contributed by atoms with Gasteiger partial charge in [-0.25, -0.2) is 4.39 Å². The lowest BCUT2D eigenvalue weighted by molar-refractivity contribution is 0.0829. The lowest BCUT2D eigenvalue weighted by atomic mass is 9.96. The number of hydrogen-bond acceptors (Lipinski definition) is 2. The molecule has 0 amide bonds. The highest BCUT2D eigenvalue weighted by Gasteiger charge is 2.29. The van der Waals surface area contributed by atoms with Gasteiger partial charge in [-0.3, -0.25) is 0 Å². The number of aliphatic hydroxyl groups excluding tert-OH is 1. The third-order valence-electron chi connectivity index (χ3n) is 4.20. The summed E-state index contributed by atoms with van der Waals surface area (Å²) in [5, 5.41) is 10.3. The average Bonchev–Trinajstić information content (AvgIpc) is 2.67. The van der Waals surface area contributed by atoms with Crippen LogP contribution < -0.4 is 0 Å². The van der Waals surface area contributed by atoms with E-state index in [2.05, 4.69) is 18.7 Å². The van der Waals surface area contributed by atoms with E-state index in [1.165, 1.54) is 12.5 Å². The Morgan fingerprint density at radius 3 is 2.63 bits per heavy atom. The summed E-state index contributed by atoms with van der Waals surface area (Å²) in [7, 11) is 0. The molecule has 0 aromatic heterocycles. The van der Waals surface area contributed by atoms with Gasteiger partial charge in [-0.2, -0.15) is 0 Å². The lowest BCUT2D eigenvalue weighted by Gasteiger charge is -2.28. The molecule has 2 rings (SSSR count). The van der Waals surface area contributed by atoms with Crippen molar-refractivity contribution in [1.82, 2.24) is 4.90 Å². The Hall–Kier alpha value is -0.930. The molecular formula is C16H24FNO. The quantitative estimate of drug-likeness (QED) is 0.903. The number of nitrogens with zero attached hydrogens (tertiary/aromatic N) is 1. The van der Waals surface area contributed by atoms with Crippen molar-refractivity contribution in [2.45, 2.75) is 39.3 Å². The van der Waals surface area contributed by atoms with Crippen LogP contribution in [0.4, 0.5) is 4.39 Å². The molecule has 106 valence electrons. The highest BCUT2D eigenvalue weighted by Crippen LogP contribution is 2.28. The van der Waals surface area contributed by atoms with Gasteiger partial charge in [0, 0.05) is 24.7 Å². The van der Waals surface area contributed by atoms with Crippen LogP contribution >= 0.6 is 0 Å². The third kappa shape index (κ3) is 3.34. The first-order valence-electron chi connectivity index (χ1n) is 7.15. The second-order valence-electron chi connectivity index (χ2n) is 6.09. The van der Waals surface area contributed by atoms with Crippen LogP contribution in [0.2, 0.25) is 0 Å². The predicted molar refractivity (Wildman–Crippen MR) is 75.3 cm³/mol. The van der Waals surface area contributed by atoms with E-state index in [1.54, 1.807) is 18.2 Å². The first-order chi connectivity index (χ1) is 8.99. The summed E-state index contributed by atoms with van der Waals surface area (Å²) in [6.45, 7) is 8.38. The molecule has 0 saturated carbocycles. The molecule has 1 aromatic carbocycles. The second-order valence-corrected chi connectivity index (χ2v) is 6.09. The maximum atomic E-state index is 13.7. The van der Waals surface area contributed by atoms with E-state index in [0.717, 1.165) is 13.1 Å². The summed E-state index contributed by atoms with van der Waals surface area (Å²) < 4.78 is 13.7. The molecule has 1 aliphatic rings. The van der Waals surface area contributed by atoms with Crippen LogP contribution in [-0.2, 0) is 0 Å². The lowest BCUT2D eigenvalue weighted by Crippen LogP contribution is -2.33. The van der Waals surface area contributed by atoms with Gasteiger partial charge in [0.15, 0.2) is 0 Å². The molecule has 1 heterocycles. The fraction of sp³-hybridized carbons (Fsp3) is 0.625. The van der Waals surface area contributed by atoms with Gasteiger partial charge >= 0.3 is 0 Å². The highest BCUT2D eigenvalue weighted by molar-refractivity contribution is 5.20. The van der Waals surface area contributed by atoms with E-state index in [0.29, 0.717) is 17.5 Å². The summed E-state index contributed by atoms with van der Waals surface area (Å²) in [5.41, 5.74) is 0.412. The maximum absolute atomic E-state index is 13.7. The van der Waals surface area contributed by atoms with Gasteiger partial charge in [0.1, 0.15) is 5.82 Å². The Morgan fingerprint density at radius 1 is 1.37 bits per heavy atom. The molecule has 1 saturated heterocycles. The van der Waals surface area contributed by atoms with Crippen LogP contribution in [0.15, 0.2) is 24.3 Å². The zero-order chi connectivity index (χ0) is 14.0. The molecule has 19 heavy (non-hydrogen) atoms. The molecule has 1 aliphatic heterocycles. The van der Waals surface area contributed by atoms with E-state index in [9.17, 15) is 9.50 Å². The van der Waals surface area contributed by atoms with Gasteiger partial charge in [0.25, 0.3) is 0 Å². The van der Waals surface area contributed by atoms with E-state index in [-0.39, 0.29) is 11.7 Å². The minimum Gasteiger partial charge on any atom is -0.388 e. The smallest absolute Gasteiger partial charge is 0.129 e. The van der Waals surface area contributed by atoms with Gasteiger partial charge in [-0.15, -0.1) is 0 Å². The first-order valence-corrected chi connectivity index (χ1v) is 7.15. The normalized spacial score (nSPS) is 27.4. The monoisotopic (exact) mass is 265 g/mol. The summed E-state index contributed by atoms with van der Waals surface area (Å²) in [6, 6.07) is 7.07. The largest absolute Gasteiger partial charge is 0.388 e. The molecule has 0 aliphatic carbocycles. The molecule has 0 spiro atoms. The number of hydrogen-bond donors (Lipinski definition) is 1. The Balaban J connectivity index is 2.00. The molecular weight excluding hydrogens is 241 g/mol. The van der Waals surface area contributed by atoms with Crippen molar-refractivity contribution < 1.29 is 9.50 Å². The molecule has 2 nitrogen and oxygen atoms in total. The molecule has 4 atom stereocenters. The number of aliphatic hydroxyl groups is 1. The van der Waals surface area contributed by atoms with E-state index >= 15 is 0 Å². The standard InChI is InChI=1S/C16H24FNO/c1-11-8-13(3)18(9-11)10-12(2)16(19)14-6-4-5-7-15(14)17/h4-7,11-13,16,19H,8-10H2,1-3H3. The fourth-order valence-corrected chi connectivity index (χ4v) is 3.13. The fourth-order valence-electron chi connectivity index (χ4n) is 3.13. The van der Waals surface area contributed by atoms with Crippen molar-refractivity contribution in [1.29, 1.82) is 0 Å². The van der Waals surface area contributed by atoms with Crippen molar-refractivity contribution in [2.24, 2.45) is 11.8 Å². The number of likely N-dealkylation sites (tertiary alicyclic amines) is 1. The molecule has 1 N–H and O–H groups in total. The predicted octanol–water partition coefficient (Wildman–Crippen LogP) is 3.23. The average molecular weight is 265 g/mol. The number of rotatable bonds is 4. The van der Waals surface area contributed by atoms with Gasteiger partial charge in [-0.05, 0) is 31.2 Å². The molecule has 0 radical (unpaired) electrons. The Bertz CT molecular complexity index is 423. The summed E-state index contributed by atoms with van der Waals surface area (Å²) in [6.07, 6.45) is 0.479. The van der Waals surface area contributed by atoms with Crippen LogP contribution in [0.1, 0.15) is 38.9 Å². The van der Waals surface area contributed by atoms with Crippen molar-refractivity contribution in [3.05, 3.63) is 35.6 Å². The van der Waals surface area contributed by atoms with Crippen LogP contribution in [0, 0.1) is 17.7 Å². The minimum absolute atomic E-state index is 0.0321. The van der Waals surface area contributed by atoms with Gasteiger partial charge in [-0.1, -0.05) is 32.0 Å². The second kappa shape index (κ2) is 6.02. The van der Waals surface area contributed by atoms with Crippen molar-refractivity contribution in [3.63, 3.8) is 0 Å². The summed E-state index contributed by atoms with van der Waals surface area (Å²) >= 11 is 0. The molecule has 1 fully saturated rings. The first kappa shape index (κ1) is 14.5. The molecule has 4 unspecified atom stereocenters. The zero-order valence-corrected chi connectivity index (χ0v) is 12.0. The number of halogens is 1. The van der Waals surface area contributed by atoms with Crippen LogP contribution in [0.5, 0.6) is 0 Å². The van der Waals surface area contributed by atoms with Gasteiger partial charge in [0.2, 0.25) is 0 Å². The topological polar surface area (TPSA) is 23.5 Å². The zero-order valence-electron chi connectivity index (χ0n) is 12.0. The minimum atomic E-state index is -0.732. The van der Waals surface area contributed by atoms with Gasteiger partial charge < -0.3 is 10.0 Å². The van der Waals surface area contributed by atoms with E-state index in [4.69, 9.17) is 0 Å². The van der Waals surface area contributed by atoms with Crippen molar-refractivity contribution >= 4 is 0 Å². The SMILES string of the molecule is CC1CC(C)N(CC(C)C(O)c2ccccc2F)C1. The third-order valence-corrected chi connectivity index (χ3v) is 4.20. The summed E-state index contributed by atoms with van der Waals surface area (Å²) in [5.74, 6) is 0.433. The van der Waals surface area contributed by atoms with Crippen LogP contribution in [-0.4, -0.2) is 29.1 Å². The number of benzene rings is 1. The summed E-state index contributed by atoms with van der Waals surface area (Å²) in [4.78, 5) is 2.40. The Kier molecular flexibility index (Phi) is 4.58. The van der Waals surface area contributed by atoms with Gasteiger partial charge in [0.05, 0.1) is 6.10 Å². The molecule has 0 bridgehead atoms. The van der Waals surface area contributed by atoms with Crippen LogP contribution in [0.25, 0.3) is 0 Å². The molecule has 3 heteroatoms. The van der Waals surface area contributed by atoms with Crippen LogP contribution in [0.3, 0.4) is 0 Å². The van der Waals surface area contributed by atoms with Crippen molar-refractivity contribution in [3.8, 4) is 0 Å². The Labute approximate surface area is 115 Å². The highest BCUT2D eigenvalue weighted by atomic mass is 19.1.